The van der Waals surface area contributed by atoms with Crippen LogP contribution in [0.2, 0.25) is 0 Å². The van der Waals surface area contributed by atoms with Gasteiger partial charge in [0.05, 0.1) is 6.54 Å². The minimum atomic E-state index is -1.24. The van der Waals surface area contributed by atoms with Crippen molar-refractivity contribution in [3.05, 3.63) is 35.6 Å². The highest BCUT2D eigenvalue weighted by Gasteiger charge is 2.39. The highest BCUT2D eigenvalue weighted by Crippen LogP contribution is 2.33. The van der Waals surface area contributed by atoms with Gasteiger partial charge in [-0.3, -0.25) is 4.90 Å². The molecule has 6 heteroatoms. The number of hydrogen-bond acceptors (Lipinski definition) is 3. The first-order chi connectivity index (χ1) is 11.3. The van der Waals surface area contributed by atoms with Crippen LogP contribution in [0, 0.1) is 5.82 Å². The van der Waals surface area contributed by atoms with Gasteiger partial charge in [-0.25, -0.2) is 9.18 Å². The molecular formula is C18H26FN3O2. The zero-order chi connectivity index (χ0) is 17.3. The number of urea groups is 1. The lowest BCUT2D eigenvalue weighted by molar-refractivity contribution is 0.0592. The number of nitrogens with zero attached hydrogens (tertiary/aromatic N) is 1. The van der Waals surface area contributed by atoms with Crippen LogP contribution >= 0.6 is 0 Å². The van der Waals surface area contributed by atoms with Gasteiger partial charge >= 0.3 is 6.03 Å². The lowest BCUT2D eigenvalue weighted by atomic mass is 9.96. The third-order valence-electron chi connectivity index (χ3n) is 5.03. The van der Waals surface area contributed by atoms with Crippen molar-refractivity contribution in [3.63, 3.8) is 0 Å². The summed E-state index contributed by atoms with van der Waals surface area (Å²) in [6, 6.07) is 6.75. The molecule has 2 aliphatic rings. The predicted octanol–water partition coefficient (Wildman–Crippen LogP) is 1.96. The molecule has 0 unspecified atom stereocenters. The molecule has 1 saturated heterocycles. The van der Waals surface area contributed by atoms with Gasteiger partial charge in [-0.1, -0.05) is 12.1 Å². The Labute approximate surface area is 142 Å². The van der Waals surface area contributed by atoms with E-state index in [0.717, 1.165) is 13.0 Å². The molecule has 24 heavy (non-hydrogen) atoms. The monoisotopic (exact) mass is 335 g/mol. The molecule has 3 rings (SSSR count). The number of amides is 2. The van der Waals surface area contributed by atoms with Crippen molar-refractivity contribution in [2.24, 2.45) is 0 Å². The van der Waals surface area contributed by atoms with E-state index in [1.54, 1.807) is 6.92 Å². The standard InChI is InChI=1S/C18H26FN3O2/c1-12-9-15(10-22(12)16-7-8-16)21-17(23)20-11-18(2,24)13-3-5-14(19)6-4-13/h3-6,12,15-16,24H,7-11H2,1-2H3,(H2,20,21,23)/t12-,15+,18+/m1/s1. The van der Waals surface area contributed by atoms with E-state index in [9.17, 15) is 14.3 Å². The van der Waals surface area contributed by atoms with Crippen LogP contribution in [0.25, 0.3) is 0 Å². The van der Waals surface area contributed by atoms with Crippen LogP contribution in [0.5, 0.6) is 0 Å². The molecule has 5 nitrogen and oxygen atoms in total. The van der Waals surface area contributed by atoms with Crippen molar-refractivity contribution in [1.82, 2.24) is 15.5 Å². The summed E-state index contributed by atoms with van der Waals surface area (Å²) in [5.74, 6) is -0.351. The van der Waals surface area contributed by atoms with E-state index in [0.29, 0.717) is 17.6 Å². The van der Waals surface area contributed by atoms with Gasteiger partial charge < -0.3 is 15.7 Å². The highest BCUT2D eigenvalue weighted by atomic mass is 19.1. The summed E-state index contributed by atoms with van der Waals surface area (Å²) in [4.78, 5) is 14.6. The van der Waals surface area contributed by atoms with Crippen LogP contribution in [-0.2, 0) is 5.60 Å². The van der Waals surface area contributed by atoms with E-state index in [-0.39, 0.29) is 24.4 Å². The van der Waals surface area contributed by atoms with Crippen LogP contribution in [0.4, 0.5) is 9.18 Å². The van der Waals surface area contributed by atoms with E-state index in [1.165, 1.54) is 37.1 Å². The molecule has 1 aliphatic heterocycles. The summed E-state index contributed by atoms with van der Waals surface area (Å²) in [5, 5.41) is 16.2. The summed E-state index contributed by atoms with van der Waals surface area (Å²) in [6.07, 6.45) is 3.49. The number of aliphatic hydroxyl groups is 1. The minimum Gasteiger partial charge on any atom is -0.384 e. The van der Waals surface area contributed by atoms with Crippen LogP contribution in [0.1, 0.15) is 38.7 Å². The molecule has 3 atom stereocenters. The molecule has 1 heterocycles. The average molecular weight is 335 g/mol. The molecular weight excluding hydrogens is 309 g/mol. The first-order valence-electron chi connectivity index (χ1n) is 8.64. The van der Waals surface area contributed by atoms with Gasteiger partial charge in [-0.2, -0.15) is 0 Å². The van der Waals surface area contributed by atoms with E-state index in [2.05, 4.69) is 22.5 Å². The number of carbonyl (C=O) groups excluding carboxylic acids is 1. The predicted molar refractivity (Wildman–Crippen MR) is 90.1 cm³/mol. The Morgan fingerprint density at radius 2 is 2.04 bits per heavy atom. The molecule has 0 spiro atoms. The largest absolute Gasteiger partial charge is 0.384 e. The molecule has 1 aromatic rings. The van der Waals surface area contributed by atoms with Crippen molar-refractivity contribution < 1.29 is 14.3 Å². The fourth-order valence-corrected chi connectivity index (χ4v) is 3.48. The smallest absolute Gasteiger partial charge is 0.315 e. The van der Waals surface area contributed by atoms with Crippen LogP contribution in [0.3, 0.4) is 0 Å². The first kappa shape index (κ1) is 17.2. The van der Waals surface area contributed by atoms with Gasteiger partial charge in [0.2, 0.25) is 0 Å². The minimum absolute atomic E-state index is 0.0685. The van der Waals surface area contributed by atoms with Crippen molar-refractivity contribution >= 4 is 6.03 Å². The van der Waals surface area contributed by atoms with E-state index < -0.39 is 5.60 Å². The Kier molecular flexibility index (Phi) is 4.78. The Balaban J connectivity index is 1.47. The van der Waals surface area contributed by atoms with Crippen molar-refractivity contribution in [3.8, 4) is 0 Å². The highest BCUT2D eigenvalue weighted by molar-refractivity contribution is 5.74. The van der Waals surface area contributed by atoms with Gasteiger partial charge in [0.15, 0.2) is 0 Å². The van der Waals surface area contributed by atoms with Crippen molar-refractivity contribution in [2.45, 2.75) is 56.8 Å². The summed E-state index contributed by atoms with van der Waals surface area (Å²) < 4.78 is 13.0. The molecule has 2 amide bonds. The molecule has 132 valence electrons. The normalized spacial score (nSPS) is 26.8. The average Bonchev–Trinajstić information content (AvgIpc) is 3.30. The second kappa shape index (κ2) is 6.69. The number of halogens is 1. The summed E-state index contributed by atoms with van der Waals surface area (Å²) in [6.45, 7) is 4.77. The number of likely N-dealkylation sites (tertiary alicyclic amines) is 1. The third-order valence-corrected chi connectivity index (χ3v) is 5.03. The Bertz CT molecular complexity index is 586. The zero-order valence-corrected chi connectivity index (χ0v) is 14.3. The van der Waals surface area contributed by atoms with Gasteiger partial charge in [0.25, 0.3) is 0 Å². The number of hydrogen-bond donors (Lipinski definition) is 3. The van der Waals surface area contributed by atoms with Crippen molar-refractivity contribution in [1.29, 1.82) is 0 Å². The maximum absolute atomic E-state index is 13.0. The van der Waals surface area contributed by atoms with Gasteiger partial charge in [0, 0.05) is 24.7 Å². The number of rotatable bonds is 5. The molecule has 1 aromatic carbocycles. The molecule has 0 bridgehead atoms. The van der Waals surface area contributed by atoms with E-state index in [1.807, 2.05) is 0 Å². The van der Waals surface area contributed by atoms with Crippen LogP contribution < -0.4 is 10.6 Å². The molecule has 0 radical (unpaired) electrons. The third kappa shape index (κ3) is 4.05. The summed E-state index contributed by atoms with van der Waals surface area (Å²) in [5.41, 5.74) is -0.674. The van der Waals surface area contributed by atoms with Crippen molar-refractivity contribution in [2.75, 3.05) is 13.1 Å². The lowest BCUT2D eigenvalue weighted by Crippen LogP contribution is -2.47. The van der Waals surface area contributed by atoms with Crippen LogP contribution in [0.15, 0.2) is 24.3 Å². The topological polar surface area (TPSA) is 64.6 Å². The fourth-order valence-electron chi connectivity index (χ4n) is 3.48. The van der Waals surface area contributed by atoms with Gasteiger partial charge in [-0.15, -0.1) is 0 Å². The second-order valence-corrected chi connectivity index (χ2v) is 7.32. The van der Waals surface area contributed by atoms with Gasteiger partial charge in [-0.05, 0) is 50.8 Å². The Morgan fingerprint density at radius 1 is 1.38 bits per heavy atom. The zero-order valence-electron chi connectivity index (χ0n) is 14.3. The summed E-state index contributed by atoms with van der Waals surface area (Å²) >= 11 is 0. The summed E-state index contributed by atoms with van der Waals surface area (Å²) in [7, 11) is 0. The molecule has 1 aliphatic carbocycles. The number of benzene rings is 1. The Morgan fingerprint density at radius 3 is 2.67 bits per heavy atom. The quantitative estimate of drug-likeness (QED) is 0.771. The molecule has 1 saturated carbocycles. The fraction of sp³-hybridized carbons (Fsp3) is 0.611. The molecule has 0 aromatic heterocycles. The maximum atomic E-state index is 13.0. The maximum Gasteiger partial charge on any atom is 0.315 e. The molecule has 3 N–H and O–H groups in total. The van der Waals surface area contributed by atoms with Gasteiger partial charge in [0.1, 0.15) is 11.4 Å². The second-order valence-electron chi connectivity index (χ2n) is 7.32. The Hall–Kier alpha value is -1.66. The lowest BCUT2D eigenvalue weighted by Gasteiger charge is -2.25. The number of carbonyl (C=O) groups is 1. The number of nitrogens with one attached hydrogen (secondary N) is 2. The van der Waals surface area contributed by atoms with Crippen LogP contribution in [-0.4, -0.2) is 47.3 Å². The van der Waals surface area contributed by atoms with E-state index in [4.69, 9.17) is 0 Å². The van der Waals surface area contributed by atoms with E-state index >= 15 is 0 Å². The molecule has 2 fully saturated rings. The first-order valence-corrected chi connectivity index (χ1v) is 8.64. The SMILES string of the molecule is C[C@@H]1C[C@H](NC(=O)NC[C@](C)(O)c2ccc(F)cc2)CN1C1CC1.